The lowest BCUT2D eigenvalue weighted by atomic mass is 10.1. The molecule has 146 valence electrons. The van der Waals surface area contributed by atoms with Crippen molar-refractivity contribution in [3.63, 3.8) is 0 Å². The van der Waals surface area contributed by atoms with Crippen molar-refractivity contribution in [3.05, 3.63) is 71.1 Å². The number of nitrogens with zero attached hydrogens (tertiary/aromatic N) is 1. The van der Waals surface area contributed by atoms with Gasteiger partial charge in [0.05, 0.1) is 5.56 Å². The molecule has 0 fully saturated rings. The molecule has 3 aromatic rings. The number of carbonyl (C=O) groups is 1. The van der Waals surface area contributed by atoms with Gasteiger partial charge in [0, 0.05) is 17.5 Å². The van der Waals surface area contributed by atoms with E-state index in [1.807, 2.05) is 0 Å². The first-order chi connectivity index (χ1) is 13.3. The van der Waals surface area contributed by atoms with Crippen molar-refractivity contribution in [2.24, 2.45) is 0 Å². The minimum Gasteiger partial charge on any atom is -0.487 e. The van der Waals surface area contributed by atoms with Crippen molar-refractivity contribution in [1.29, 1.82) is 0 Å². The third kappa shape index (κ3) is 4.42. The number of aromatic nitrogens is 1. The summed E-state index contributed by atoms with van der Waals surface area (Å²) < 4.78 is 49.3. The molecule has 7 heteroatoms. The Balaban J connectivity index is 1.73. The van der Waals surface area contributed by atoms with Crippen molar-refractivity contribution in [3.8, 4) is 17.2 Å². The number of ether oxygens (including phenoxy) is 1. The van der Waals surface area contributed by atoms with Crippen LogP contribution in [0.15, 0.2) is 52.9 Å². The van der Waals surface area contributed by atoms with Crippen LogP contribution >= 0.6 is 0 Å². The monoisotopic (exact) mass is 389 g/mol. The van der Waals surface area contributed by atoms with Gasteiger partial charge >= 0.3 is 6.18 Å². The van der Waals surface area contributed by atoms with Gasteiger partial charge < -0.3 is 9.15 Å². The molecule has 2 aromatic carbocycles. The second-order valence-electron chi connectivity index (χ2n) is 6.19. The van der Waals surface area contributed by atoms with Crippen LogP contribution in [-0.4, -0.2) is 10.8 Å². The van der Waals surface area contributed by atoms with Gasteiger partial charge in [0.25, 0.3) is 0 Å². The normalized spacial score (nSPS) is 11.5. The van der Waals surface area contributed by atoms with E-state index in [1.54, 1.807) is 38.1 Å². The van der Waals surface area contributed by atoms with E-state index in [9.17, 15) is 18.0 Å². The third-order valence-corrected chi connectivity index (χ3v) is 4.20. The molecule has 0 spiro atoms. The van der Waals surface area contributed by atoms with Gasteiger partial charge in [-0.05, 0) is 43.3 Å². The quantitative estimate of drug-likeness (QED) is 0.497. The topological polar surface area (TPSA) is 52.3 Å². The van der Waals surface area contributed by atoms with E-state index in [0.29, 0.717) is 34.8 Å². The first-order valence-corrected chi connectivity index (χ1v) is 8.68. The van der Waals surface area contributed by atoms with Crippen LogP contribution in [0.25, 0.3) is 11.5 Å². The summed E-state index contributed by atoms with van der Waals surface area (Å²) in [5.74, 6) is 1.28. The molecule has 0 aliphatic rings. The molecule has 0 amide bonds. The van der Waals surface area contributed by atoms with Crippen molar-refractivity contribution in [2.75, 3.05) is 0 Å². The molecule has 0 atom stereocenters. The third-order valence-electron chi connectivity index (χ3n) is 4.20. The molecule has 0 radical (unpaired) electrons. The van der Waals surface area contributed by atoms with Crippen molar-refractivity contribution in [2.45, 2.75) is 33.1 Å². The highest BCUT2D eigenvalue weighted by Gasteiger charge is 2.30. The second-order valence-corrected chi connectivity index (χ2v) is 6.19. The maximum absolute atomic E-state index is 12.7. The van der Waals surface area contributed by atoms with Gasteiger partial charge in [0.15, 0.2) is 5.78 Å². The lowest BCUT2D eigenvalue weighted by Crippen LogP contribution is -2.04. The standard InChI is InChI=1S/C21H18F3NO3/c1-3-19(26)15-5-4-6-17(11-15)27-12-18-13(2)28-20(25-18)14-7-9-16(10-8-14)21(22,23)24/h4-11H,3,12H2,1-2H3. The predicted molar refractivity (Wildman–Crippen MR) is 97.1 cm³/mol. The summed E-state index contributed by atoms with van der Waals surface area (Å²) in [7, 11) is 0. The van der Waals surface area contributed by atoms with E-state index in [1.165, 1.54) is 12.1 Å². The van der Waals surface area contributed by atoms with Crippen LogP contribution in [-0.2, 0) is 12.8 Å². The number of Topliss-reactive ketones (excluding diaryl/α,β-unsaturated/α-hetero) is 1. The Kier molecular flexibility index (Phi) is 5.53. The Morgan fingerprint density at radius 2 is 1.86 bits per heavy atom. The van der Waals surface area contributed by atoms with Gasteiger partial charge in [-0.3, -0.25) is 4.79 Å². The van der Waals surface area contributed by atoms with E-state index >= 15 is 0 Å². The molecule has 0 aliphatic carbocycles. The first-order valence-electron chi connectivity index (χ1n) is 8.68. The number of hydrogen-bond acceptors (Lipinski definition) is 4. The molecular formula is C21H18F3NO3. The van der Waals surface area contributed by atoms with Crippen LogP contribution < -0.4 is 4.74 Å². The van der Waals surface area contributed by atoms with Gasteiger partial charge in [0.1, 0.15) is 23.8 Å². The zero-order valence-electron chi connectivity index (χ0n) is 15.3. The van der Waals surface area contributed by atoms with Crippen LogP contribution in [0, 0.1) is 6.92 Å². The van der Waals surface area contributed by atoms with Gasteiger partial charge in [-0.2, -0.15) is 13.2 Å². The summed E-state index contributed by atoms with van der Waals surface area (Å²) in [6.07, 6.45) is -3.99. The zero-order chi connectivity index (χ0) is 20.3. The lowest BCUT2D eigenvalue weighted by molar-refractivity contribution is -0.137. The SMILES string of the molecule is CCC(=O)c1cccc(OCc2nc(-c3ccc(C(F)(F)F)cc3)oc2C)c1. The highest BCUT2D eigenvalue weighted by molar-refractivity contribution is 5.96. The molecule has 1 heterocycles. The van der Waals surface area contributed by atoms with Crippen LogP contribution in [0.2, 0.25) is 0 Å². The largest absolute Gasteiger partial charge is 0.487 e. The van der Waals surface area contributed by atoms with Crippen molar-refractivity contribution < 1.29 is 27.1 Å². The number of aryl methyl sites for hydroxylation is 1. The zero-order valence-corrected chi connectivity index (χ0v) is 15.3. The maximum Gasteiger partial charge on any atom is 0.416 e. The smallest absolute Gasteiger partial charge is 0.416 e. The summed E-state index contributed by atoms with van der Waals surface area (Å²) in [6.45, 7) is 3.60. The first kappa shape index (κ1) is 19.7. The van der Waals surface area contributed by atoms with Crippen LogP contribution in [0.1, 0.15) is 40.7 Å². The Labute approximate surface area is 160 Å². The molecular weight excluding hydrogens is 371 g/mol. The number of oxazole rings is 1. The van der Waals surface area contributed by atoms with Gasteiger partial charge in [0.2, 0.25) is 5.89 Å². The average Bonchev–Trinajstić information content (AvgIpc) is 3.06. The predicted octanol–water partition coefficient (Wildman–Crippen LogP) is 5.84. The molecule has 0 bridgehead atoms. The summed E-state index contributed by atoms with van der Waals surface area (Å²) in [5, 5.41) is 0. The fourth-order valence-corrected chi connectivity index (χ4v) is 2.60. The molecule has 28 heavy (non-hydrogen) atoms. The molecule has 0 unspecified atom stereocenters. The molecule has 1 aromatic heterocycles. The average molecular weight is 389 g/mol. The van der Waals surface area contributed by atoms with E-state index in [0.717, 1.165) is 12.1 Å². The van der Waals surface area contributed by atoms with Gasteiger partial charge in [-0.25, -0.2) is 4.98 Å². The molecule has 4 nitrogen and oxygen atoms in total. The van der Waals surface area contributed by atoms with Crippen LogP contribution in [0.4, 0.5) is 13.2 Å². The number of benzene rings is 2. The van der Waals surface area contributed by atoms with Crippen LogP contribution in [0.5, 0.6) is 5.75 Å². The van der Waals surface area contributed by atoms with Crippen LogP contribution in [0.3, 0.4) is 0 Å². The van der Waals surface area contributed by atoms with Crippen molar-refractivity contribution >= 4 is 5.78 Å². The maximum atomic E-state index is 12.7. The summed E-state index contributed by atoms with van der Waals surface area (Å²) in [5.41, 5.74) is 0.812. The molecule has 0 N–H and O–H groups in total. The van der Waals surface area contributed by atoms with Gasteiger partial charge in [-0.15, -0.1) is 0 Å². The highest BCUT2D eigenvalue weighted by Crippen LogP contribution is 2.31. The minimum absolute atomic E-state index is 0.0210. The number of rotatable bonds is 6. The van der Waals surface area contributed by atoms with E-state index in [2.05, 4.69) is 4.98 Å². The Morgan fingerprint density at radius 3 is 2.50 bits per heavy atom. The Bertz CT molecular complexity index is 975. The van der Waals surface area contributed by atoms with Crippen molar-refractivity contribution in [1.82, 2.24) is 4.98 Å². The molecule has 3 rings (SSSR count). The minimum atomic E-state index is -4.39. The highest BCUT2D eigenvalue weighted by atomic mass is 19.4. The fraction of sp³-hybridized carbons (Fsp3) is 0.238. The lowest BCUT2D eigenvalue weighted by Gasteiger charge is -2.06. The number of carbonyl (C=O) groups excluding carboxylic acids is 1. The molecule has 0 aliphatic heterocycles. The molecule has 0 saturated heterocycles. The molecule has 0 saturated carbocycles. The number of ketones is 1. The van der Waals surface area contributed by atoms with E-state index in [4.69, 9.17) is 9.15 Å². The second kappa shape index (κ2) is 7.88. The number of hydrogen-bond donors (Lipinski definition) is 0. The summed E-state index contributed by atoms with van der Waals surface area (Å²) in [6, 6.07) is 11.5. The van der Waals surface area contributed by atoms with E-state index in [-0.39, 0.29) is 18.3 Å². The number of halogens is 3. The Morgan fingerprint density at radius 1 is 1.14 bits per heavy atom. The number of alkyl halides is 3. The Hall–Kier alpha value is -3.09. The van der Waals surface area contributed by atoms with Gasteiger partial charge in [-0.1, -0.05) is 19.1 Å². The summed E-state index contributed by atoms with van der Waals surface area (Å²) >= 11 is 0. The summed E-state index contributed by atoms with van der Waals surface area (Å²) in [4.78, 5) is 16.1. The fourth-order valence-electron chi connectivity index (χ4n) is 2.60. The van der Waals surface area contributed by atoms with E-state index < -0.39 is 11.7 Å².